The quantitative estimate of drug-likeness (QED) is 0.679. The number of aromatic nitrogens is 4. The van der Waals surface area contributed by atoms with Crippen LogP contribution in [0.5, 0.6) is 11.6 Å². The van der Waals surface area contributed by atoms with E-state index in [1.54, 1.807) is 23.3 Å². The van der Waals surface area contributed by atoms with Crippen molar-refractivity contribution in [3.8, 4) is 11.6 Å². The molecule has 1 amide bonds. The van der Waals surface area contributed by atoms with Gasteiger partial charge < -0.3 is 9.64 Å². The SMILES string of the molecule is Cc1ccccc1Oc1nccnc1C1CCCN(C(=O)c2cn(C)nc2C)C1. The van der Waals surface area contributed by atoms with Crippen LogP contribution in [0.4, 0.5) is 0 Å². The Kier molecular flexibility index (Phi) is 5.29. The third-order valence-electron chi connectivity index (χ3n) is 5.33. The molecule has 2 aromatic heterocycles. The molecule has 0 aliphatic carbocycles. The maximum atomic E-state index is 13.0. The summed E-state index contributed by atoms with van der Waals surface area (Å²) >= 11 is 0. The lowest BCUT2D eigenvalue weighted by atomic mass is 9.94. The van der Waals surface area contributed by atoms with E-state index in [0.717, 1.165) is 42.1 Å². The van der Waals surface area contributed by atoms with Gasteiger partial charge in [0, 0.05) is 44.6 Å². The van der Waals surface area contributed by atoms with Gasteiger partial charge in [0.1, 0.15) is 11.4 Å². The number of rotatable bonds is 4. The number of hydrogen-bond acceptors (Lipinski definition) is 5. The van der Waals surface area contributed by atoms with Gasteiger partial charge in [0.2, 0.25) is 5.88 Å². The van der Waals surface area contributed by atoms with Crippen LogP contribution in [0.15, 0.2) is 42.9 Å². The zero-order chi connectivity index (χ0) is 20.4. The molecule has 1 aromatic carbocycles. The zero-order valence-electron chi connectivity index (χ0n) is 17.0. The van der Waals surface area contributed by atoms with Gasteiger partial charge in [-0.3, -0.25) is 14.5 Å². The maximum absolute atomic E-state index is 13.0. The van der Waals surface area contributed by atoms with Crippen LogP contribution >= 0.6 is 0 Å². The van der Waals surface area contributed by atoms with Crippen molar-refractivity contribution in [2.45, 2.75) is 32.6 Å². The van der Waals surface area contributed by atoms with Crippen molar-refractivity contribution in [3.63, 3.8) is 0 Å². The van der Waals surface area contributed by atoms with Crippen LogP contribution in [0.2, 0.25) is 0 Å². The van der Waals surface area contributed by atoms with E-state index in [1.807, 2.05) is 50.1 Å². The van der Waals surface area contributed by atoms with Gasteiger partial charge in [-0.1, -0.05) is 18.2 Å². The van der Waals surface area contributed by atoms with Gasteiger partial charge in [0.05, 0.1) is 11.3 Å². The first-order valence-electron chi connectivity index (χ1n) is 9.87. The molecule has 1 atom stereocenters. The Labute approximate surface area is 170 Å². The second-order valence-corrected chi connectivity index (χ2v) is 7.51. The lowest BCUT2D eigenvalue weighted by molar-refractivity contribution is 0.0704. The fourth-order valence-electron chi connectivity index (χ4n) is 3.83. The number of nitrogens with zero attached hydrogens (tertiary/aromatic N) is 5. The van der Waals surface area contributed by atoms with Crippen molar-refractivity contribution in [1.82, 2.24) is 24.6 Å². The highest BCUT2D eigenvalue weighted by Crippen LogP contribution is 2.33. The third kappa shape index (κ3) is 3.99. The number of hydrogen-bond donors (Lipinski definition) is 0. The molecule has 150 valence electrons. The predicted octanol–water partition coefficient (Wildman–Crippen LogP) is 3.64. The lowest BCUT2D eigenvalue weighted by Gasteiger charge is -2.32. The van der Waals surface area contributed by atoms with Crippen LogP contribution in [-0.4, -0.2) is 43.6 Å². The number of para-hydroxylation sites is 1. The van der Waals surface area contributed by atoms with Crippen LogP contribution in [0, 0.1) is 13.8 Å². The van der Waals surface area contributed by atoms with Crippen molar-refractivity contribution in [3.05, 3.63) is 65.4 Å². The van der Waals surface area contributed by atoms with E-state index in [4.69, 9.17) is 4.74 Å². The summed E-state index contributed by atoms with van der Waals surface area (Å²) in [6.45, 7) is 5.20. The van der Waals surface area contributed by atoms with E-state index in [2.05, 4.69) is 15.1 Å². The van der Waals surface area contributed by atoms with Crippen LogP contribution in [0.3, 0.4) is 0 Å². The molecule has 1 fully saturated rings. The molecule has 7 heteroatoms. The molecule has 3 heterocycles. The van der Waals surface area contributed by atoms with E-state index >= 15 is 0 Å². The molecule has 4 rings (SSSR count). The largest absolute Gasteiger partial charge is 0.437 e. The Morgan fingerprint density at radius 3 is 2.72 bits per heavy atom. The fraction of sp³-hybridized carbons (Fsp3) is 0.364. The lowest BCUT2D eigenvalue weighted by Crippen LogP contribution is -2.39. The molecular weight excluding hydrogens is 366 g/mol. The van der Waals surface area contributed by atoms with E-state index in [-0.39, 0.29) is 11.8 Å². The van der Waals surface area contributed by atoms with Crippen molar-refractivity contribution >= 4 is 5.91 Å². The Balaban J connectivity index is 1.57. The number of ether oxygens (including phenoxy) is 1. The van der Waals surface area contributed by atoms with Crippen molar-refractivity contribution < 1.29 is 9.53 Å². The van der Waals surface area contributed by atoms with Crippen molar-refractivity contribution in [2.24, 2.45) is 7.05 Å². The summed E-state index contributed by atoms with van der Waals surface area (Å²) in [6, 6.07) is 7.85. The molecule has 7 nitrogen and oxygen atoms in total. The van der Waals surface area contributed by atoms with E-state index in [1.165, 1.54) is 0 Å². The minimum atomic E-state index is 0.0190. The summed E-state index contributed by atoms with van der Waals surface area (Å²) < 4.78 is 7.79. The Hall–Kier alpha value is -3.22. The Morgan fingerprint density at radius 1 is 1.17 bits per heavy atom. The molecule has 1 saturated heterocycles. The minimum Gasteiger partial charge on any atom is -0.437 e. The standard InChI is InChI=1S/C22H25N5O2/c1-15-7-4-5-9-19(15)29-21-20(23-10-11-24-21)17-8-6-12-27(13-17)22(28)18-14-26(3)25-16(18)2/h4-5,7,9-11,14,17H,6,8,12-13H2,1-3H3. The first kappa shape index (κ1) is 19.1. The molecule has 0 N–H and O–H groups in total. The van der Waals surface area contributed by atoms with Gasteiger partial charge in [0.15, 0.2) is 0 Å². The smallest absolute Gasteiger partial charge is 0.257 e. The molecule has 0 bridgehead atoms. The first-order chi connectivity index (χ1) is 14.0. The zero-order valence-corrected chi connectivity index (χ0v) is 17.0. The Morgan fingerprint density at radius 2 is 1.97 bits per heavy atom. The van der Waals surface area contributed by atoms with Crippen molar-refractivity contribution in [1.29, 1.82) is 0 Å². The van der Waals surface area contributed by atoms with Gasteiger partial charge in [-0.15, -0.1) is 0 Å². The normalized spacial score (nSPS) is 16.7. The number of carbonyl (C=O) groups excluding carboxylic acids is 1. The summed E-state index contributed by atoms with van der Waals surface area (Å²) in [7, 11) is 1.83. The second-order valence-electron chi connectivity index (χ2n) is 7.51. The second kappa shape index (κ2) is 8.03. The number of piperidine rings is 1. The first-order valence-corrected chi connectivity index (χ1v) is 9.87. The van der Waals surface area contributed by atoms with E-state index < -0.39 is 0 Å². The summed E-state index contributed by atoms with van der Waals surface area (Å²) in [6.07, 6.45) is 6.97. The Bertz CT molecular complexity index is 1030. The van der Waals surface area contributed by atoms with E-state index in [0.29, 0.717) is 18.0 Å². The van der Waals surface area contributed by atoms with Gasteiger partial charge in [-0.2, -0.15) is 5.10 Å². The molecule has 3 aromatic rings. The minimum absolute atomic E-state index is 0.0190. The number of likely N-dealkylation sites (tertiary alicyclic amines) is 1. The molecule has 0 spiro atoms. The third-order valence-corrected chi connectivity index (χ3v) is 5.33. The van der Waals surface area contributed by atoms with Crippen LogP contribution in [0.25, 0.3) is 0 Å². The molecule has 1 aliphatic heterocycles. The average molecular weight is 391 g/mol. The molecule has 0 saturated carbocycles. The number of aryl methyl sites for hydroxylation is 3. The number of carbonyl (C=O) groups is 1. The monoisotopic (exact) mass is 391 g/mol. The molecular formula is C22H25N5O2. The van der Waals surface area contributed by atoms with Crippen LogP contribution < -0.4 is 4.74 Å². The van der Waals surface area contributed by atoms with Gasteiger partial charge >= 0.3 is 0 Å². The molecule has 29 heavy (non-hydrogen) atoms. The maximum Gasteiger partial charge on any atom is 0.257 e. The molecule has 0 radical (unpaired) electrons. The van der Waals surface area contributed by atoms with Crippen molar-refractivity contribution in [2.75, 3.05) is 13.1 Å². The molecule has 1 unspecified atom stereocenters. The summed E-state index contributed by atoms with van der Waals surface area (Å²) in [5.74, 6) is 1.38. The van der Waals surface area contributed by atoms with Gasteiger partial charge in [0.25, 0.3) is 5.91 Å². The predicted molar refractivity (Wildman–Crippen MR) is 109 cm³/mol. The van der Waals surface area contributed by atoms with Gasteiger partial charge in [-0.05, 0) is 38.3 Å². The topological polar surface area (TPSA) is 73.1 Å². The average Bonchev–Trinajstić information content (AvgIpc) is 3.07. The number of amides is 1. The van der Waals surface area contributed by atoms with Crippen LogP contribution in [0.1, 0.15) is 46.1 Å². The molecule has 1 aliphatic rings. The summed E-state index contributed by atoms with van der Waals surface area (Å²) in [5, 5.41) is 4.30. The fourth-order valence-corrected chi connectivity index (χ4v) is 3.83. The highest BCUT2D eigenvalue weighted by atomic mass is 16.5. The highest BCUT2D eigenvalue weighted by molar-refractivity contribution is 5.95. The van der Waals surface area contributed by atoms with E-state index in [9.17, 15) is 4.79 Å². The van der Waals surface area contributed by atoms with Gasteiger partial charge in [-0.25, -0.2) is 4.98 Å². The van der Waals surface area contributed by atoms with Crippen LogP contribution in [-0.2, 0) is 7.05 Å². The summed E-state index contributed by atoms with van der Waals surface area (Å²) in [5.41, 5.74) is 3.25. The number of benzene rings is 1. The highest BCUT2D eigenvalue weighted by Gasteiger charge is 2.30. The summed E-state index contributed by atoms with van der Waals surface area (Å²) in [4.78, 5) is 23.9.